The van der Waals surface area contributed by atoms with Crippen molar-refractivity contribution in [2.45, 2.75) is 4.90 Å². The molecule has 0 unspecified atom stereocenters. The summed E-state index contributed by atoms with van der Waals surface area (Å²) < 4.78 is 43.0. The van der Waals surface area contributed by atoms with Crippen LogP contribution in [0.3, 0.4) is 0 Å². The molecule has 0 saturated heterocycles. The number of fused-ring (bicyclic) bond motifs is 1. The Morgan fingerprint density at radius 1 is 1.09 bits per heavy atom. The Kier molecular flexibility index (Phi) is 3.83. The summed E-state index contributed by atoms with van der Waals surface area (Å²) in [5.41, 5.74) is 1.26. The Morgan fingerprint density at radius 2 is 1.91 bits per heavy atom. The number of hydrogen-bond donors (Lipinski definition) is 1. The molecular formula is C15H14N2O5S. The lowest BCUT2D eigenvalue weighted by atomic mass is 10.3. The number of nitrogens with zero attached hydrogens (tertiary/aromatic N) is 1. The SMILES string of the molecule is COc1ccc(OC)c(NS(=O)(=O)c2ccc3ncoc3c2)c1. The molecule has 8 heteroatoms. The van der Waals surface area contributed by atoms with Crippen LogP contribution in [0, 0.1) is 0 Å². The van der Waals surface area contributed by atoms with Crippen molar-refractivity contribution < 1.29 is 22.3 Å². The van der Waals surface area contributed by atoms with E-state index in [-0.39, 0.29) is 10.6 Å². The van der Waals surface area contributed by atoms with E-state index in [1.807, 2.05) is 0 Å². The zero-order valence-corrected chi connectivity index (χ0v) is 13.3. The van der Waals surface area contributed by atoms with Crippen molar-refractivity contribution in [2.75, 3.05) is 18.9 Å². The second-order valence-corrected chi connectivity index (χ2v) is 6.34. The number of nitrogens with one attached hydrogen (secondary N) is 1. The summed E-state index contributed by atoms with van der Waals surface area (Å²) >= 11 is 0. The van der Waals surface area contributed by atoms with Crippen LogP contribution in [0.15, 0.2) is 52.1 Å². The highest BCUT2D eigenvalue weighted by Crippen LogP contribution is 2.31. The fourth-order valence-corrected chi connectivity index (χ4v) is 3.18. The number of aromatic nitrogens is 1. The number of ether oxygens (including phenoxy) is 2. The Labute approximate surface area is 132 Å². The van der Waals surface area contributed by atoms with E-state index < -0.39 is 10.0 Å². The molecule has 1 N–H and O–H groups in total. The third kappa shape index (κ3) is 2.93. The second kappa shape index (κ2) is 5.81. The molecule has 0 amide bonds. The predicted octanol–water partition coefficient (Wildman–Crippen LogP) is 2.65. The number of benzene rings is 2. The zero-order chi connectivity index (χ0) is 16.4. The molecule has 0 atom stereocenters. The number of oxazole rings is 1. The maximum Gasteiger partial charge on any atom is 0.262 e. The lowest BCUT2D eigenvalue weighted by Gasteiger charge is -2.13. The van der Waals surface area contributed by atoms with Gasteiger partial charge in [-0.3, -0.25) is 4.72 Å². The number of rotatable bonds is 5. The van der Waals surface area contributed by atoms with Crippen molar-refractivity contribution in [3.8, 4) is 11.5 Å². The van der Waals surface area contributed by atoms with Gasteiger partial charge in [0.25, 0.3) is 10.0 Å². The maximum absolute atomic E-state index is 12.6. The van der Waals surface area contributed by atoms with Gasteiger partial charge in [0.05, 0.1) is 24.8 Å². The zero-order valence-electron chi connectivity index (χ0n) is 12.4. The van der Waals surface area contributed by atoms with Gasteiger partial charge in [-0.1, -0.05) is 0 Å². The summed E-state index contributed by atoms with van der Waals surface area (Å²) in [6, 6.07) is 9.30. The molecule has 3 aromatic rings. The Hall–Kier alpha value is -2.74. The van der Waals surface area contributed by atoms with Crippen LogP contribution in [-0.2, 0) is 10.0 Å². The topological polar surface area (TPSA) is 90.7 Å². The molecule has 23 heavy (non-hydrogen) atoms. The first-order valence-corrected chi connectivity index (χ1v) is 8.10. The van der Waals surface area contributed by atoms with Gasteiger partial charge in [-0.2, -0.15) is 0 Å². The van der Waals surface area contributed by atoms with Crippen molar-refractivity contribution in [2.24, 2.45) is 0 Å². The Morgan fingerprint density at radius 3 is 2.65 bits per heavy atom. The summed E-state index contributed by atoms with van der Waals surface area (Å²) in [5, 5.41) is 0. The first-order chi connectivity index (χ1) is 11.0. The van der Waals surface area contributed by atoms with Gasteiger partial charge in [-0.15, -0.1) is 0 Å². The van der Waals surface area contributed by atoms with E-state index in [1.165, 1.54) is 32.7 Å². The van der Waals surface area contributed by atoms with Gasteiger partial charge in [-0.05, 0) is 24.3 Å². The second-order valence-electron chi connectivity index (χ2n) is 4.65. The van der Waals surface area contributed by atoms with Gasteiger partial charge in [0, 0.05) is 12.1 Å². The summed E-state index contributed by atoms with van der Waals surface area (Å²) in [6.45, 7) is 0. The number of sulfonamides is 1. The van der Waals surface area contributed by atoms with Crippen molar-refractivity contribution in [3.63, 3.8) is 0 Å². The van der Waals surface area contributed by atoms with Crippen LogP contribution in [0.25, 0.3) is 11.1 Å². The molecular weight excluding hydrogens is 320 g/mol. The monoisotopic (exact) mass is 334 g/mol. The molecule has 1 aromatic heterocycles. The van der Waals surface area contributed by atoms with Gasteiger partial charge in [-0.25, -0.2) is 13.4 Å². The summed E-state index contributed by atoms with van der Waals surface area (Å²) in [4.78, 5) is 4.02. The average molecular weight is 334 g/mol. The van der Waals surface area contributed by atoms with E-state index in [4.69, 9.17) is 13.9 Å². The molecule has 0 radical (unpaired) electrons. The van der Waals surface area contributed by atoms with Crippen LogP contribution >= 0.6 is 0 Å². The highest BCUT2D eigenvalue weighted by Gasteiger charge is 2.18. The van der Waals surface area contributed by atoms with Gasteiger partial charge < -0.3 is 13.9 Å². The average Bonchev–Trinajstić information content (AvgIpc) is 3.02. The van der Waals surface area contributed by atoms with E-state index in [2.05, 4.69) is 9.71 Å². The molecule has 0 bridgehead atoms. The van der Waals surface area contributed by atoms with Crippen molar-refractivity contribution in [1.82, 2.24) is 4.98 Å². The van der Waals surface area contributed by atoms with E-state index >= 15 is 0 Å². The molecule has 0 spiro atoms. The molecule has 1 heterocycles. The molecule has 0 aliphatic carbocycles. The lowest BCUT2D eigenvalue weighted by molar-refractivity contribution is 0.405. The number of methoxy groups -OCH3 is 2. The first kappa shape index (κ1) is 15.2. The molecule has 120 valence electrons. The summed E-state index contributed by atoms with van der Waals surface area (Å²) in [6.07, 6.45) is 1.26. The summed E-state index contributed by atoms with van der Waals surface area (Å²) in [5.74, 6) is 0.893. The van der Waals surface area contributed by atoms with Gasteiger partial charge in [0.15, 0.2) is 12.0 Å². The predicted molar refractivity (Wildman–Crippen MR) is 84.4 cm³/mol. The standard InChI is InChI=1S/C15H14N2O5S/c1-20-10-3-6-14(21-2)13(7-10)17-23(18,19)11-4-5-12-15(8-11)22-9-16-12/h3-9,17H,1-2H3. The minimum absolute atomic E-state index is 0.0617. The van der Waals surface area contributed by atoms with E-state index in [0.717, 1.165) is 0 Å². The Bertz CT molecular complexity index is 949. The smallest absolute Gasteiger partial charge is 0.262 e. The molecule has 2 aromatic carbocycles. The molecule has 0 aliphatic heterocycles. The van der Waals surface area contributed by atoms with Crippen LogP contribution in [0.1, 0.15) is 0 Å². The van der Waals surface area contributed by atoms with Crippen LogP contribution in [0.2, 0.25) is 0 Å². The van der Waals surface area contributed by atoms with Crippen LogP contribution in [0.5, 0.6) is 11.5 Å². The van der Waals surface area contributed by atoms with Gasteiger partial charge in [0.2, 0.25) is 0 Å². The minimum atomic E-state index is -3.81. The van der Waals surface area contributed by atoms with E-state index in [1.54, 1.807) is 24.3 Å². The fourth-order valence-electron chi connectivity index (χ4n) is 2.10. The van der Waals surface area contributed by atoms with Crippen molar-refractivity contribution in [3.05, 3.63) is 42.8 Å². The minimum Gasteiger partial charge on any atom is -0.497 e. The maximum atomic E-state index is 12.6. The van der Waals surface area contributed by atoms with Gasteiger partial charge >= 0.3 is 0 Å². The fraction of sp³-hybridized carbons (Fsp3) is 0.133. The highest BCUT2D eigenvalue weighted by atomic mass is 32.2. The molecule has 3 rings (SSSR count). The molecule has 0 fully saturated rings. The van der Waals surface area contributed by atoms with Gasteiger partial charge in [0.1, 0.15) is 17.0 Å². The Balaban J connectivity index is 2.00. The number of hydrogen-bond acceptors (Lipinski definition) is 6. The van der Waals surface area contributed by atoms with Crippen molar-refractivity contribution >= 4 is 26.8 Å². The largest absolute Gasteiger partial charge is 0.497 e. The van der Waals surface area contributed by atoms with Crippen molar-refractivity contribution in [1.29, 1.82) is 0 Å². The highest BCUT2D eigenvalue weighted by molar-refractivity contribution is 7.92. The summed E-state index contributed by atoms with van der Waals surface area (Å²) in [7, 11) is -0.857. The van der Waals surface area contributed by atoms with Crippen LogP contribution < -0.4 is 14.2 Å². The lowest BCUT2D eigenvalue weighted by Crippen LogP contribution is -2.13. The quantitative estimate of drug-likeness (QED) is 0.771. The molecule has 0 saturated carbocycles. The van der Waals surface area contributed by atoms with E-state index in [0.29, 0.717) is 22.6 Å². The third-order valence-electron chi connectivity index (χ3n) is 3.26. The number of anilines is 1. The van der Waals surface area contributed by atoms with Crippen LogP contribution in [0.4, 0.5) is 5.69 Å². The molecule has 0 aliphatic rings. The molecule has 7 nitrogen and oxygen atoms in total. The van der Waals surface area contributed by atoms with Crippen LogP contribution in [-0.4, -0.2) is 27.6 Å². The van der Waals surface area contributed by atoms with E-state index in [9.17, 15) is 8.42 Å². The third-order valence-corrected chi connectivity index (χ3v) is 4.63. The normalized spacial score (nSPS) is 11.4. The first-order valence-electron chi connectivity index (χ1n) is 6.61.